The van der Waals surface area contributed by atoms with Gasteiger partial charge in [0.1, 0.15) is 5.82 Å². The van der Waals surface area contributed by atoms with Crippen LogP contribution in [0, 0.1) is 18.8 Å². The predicted octanol–water partition coefficient (Wildman–Crippen LogP) is 23.2. The molecule has 0 spiro atoms. The van der Waals surface area contributed by atoms with Gasteiger partial charge in [-0.15, -0.1) is 48.1 Å². The summed E-state index contributed by atoms with van der Waals surface area (Å²) in [5.74, 6) is 0.639. The van der Waals surface area contributed by atoms with Crippen molar-refractivity contribution in [2.24, 2.45) is 0 Å². The summed E-state index contributed by atoms with van der Waals surface area (Å²) in [7, 11) is 0. The van der Waals surface area contributed by atoms with Gasteiger partial charge in [0.15, 0.2) is 0 Å². The Labute approximate surface area is 573 Å². The first kappa shape index (κ1) is 45.3. The van der Waals surface area contributed by atoms with Crippen molar-refractivity contribution in [3.05, 3.63) is 246 Å². The molecule has 0 radical (unpaired) electrons. The maximum atomic E-state index is 10.3. The number of para-hydroxylation sites is 3. The van der Waals surface area contributed by atoms with Gasteiger partial charge in [-0.25, -0.2) is 4.98 Å². The van der Waals surface area contributed by atoms with Crippen molar-refractivity contribution in [2.45, 2.75) is 156 Å². The number of ether oxygens (including phenoxy) is 1. The van der Waals surface area contributed by atoms with Crippen LogP contribution in [0.15, 0.2) is 194 Å². The first-order chi connectivity index (χ1) is 48.8. The second-order valence-electron chi connectivity index (χ2n) is 29.3. The Morgan fingerprint density at radius 2 is 1.10 bits per heavy atom. The van der Waals surface area contributed by atoms with Crippen LogP contribution in [-0.2, 0) is 53.6 Å². The van der Waals surface area contributed by atoms with Crippen LogP contribution < -0.4 is 14.5 Å². The van der Waals surface area contributed by atoms with Crippen LogP contribution in [0.1, 0.15) is 179 Å². The van der Waals surface area contributed by atoms with E-state index >= 15 is 0 Å². The van der Waals surface area contributed by atoms with Crippen molar-refractivity contribution in [3.8, 4) is 61.8 Å². The normalized spacial score (nSPS) is 17.3. The van der Waals surface area contributed by atoms with Crippen LogP contribution in [0.4, 0.5) is 22.7 Å². The van der Waals surface area contributed by atoms with Crippen molar-refractivity contribution in [2.75, 3.05) is 9.80 Å². The SMILES string of the molecule is [2H]c1c([2H])c([2H])c(-c2cnc(-n3c4[c-]c(Oc5[c-]c(N6[CH-]N(c7c(-c8ccc9c(c8)C(C)(C)CCC9(C)C)cc(C(C)(C)C)cc7-c7c([2H])c([2H])c(-c8c([2H])c([2H])c(C(C)(C)C)c([2H])c8C(C)(C)C)c([2H])c7[2H])c7ccccc76)ccc5)ccc4c4c([2H])c([2H])c([2H])c([2H])c43)cc2C(C)(C)C)c([2H])c1[2H].[Pt]. The molecule has 6 heteroatoms. The summed E-state index contributed by atoms with van der Waals surface area (Å²) in [4.78, 5) is 8.86. The topological polar surface area (TPSA) is 33.5 Å². The molecule has 2 aromatic heterocycles. The fourth-order valence-electron chi connectivity index (χ4n) is 12.5. The fraction of sp³-hybridized carbons (Fsp3) is 0.286. The van der Waals surface area contributed by atoms with E-state index in [1.807, 2.05) is 121 Å². The summed E-state index contributed by atoms with van der Waals surface area (Å²) in [6.45, 7) is 34.5. The van der Waals surface area contributed by atoms with Gasteiger partial charge in [-0.1, -0.05) is 237 Å². The maximum Gasteiger partial charge on any atom is 0.135 e. The van der Waals surface area contributed by atoms with Gasteiger partial charge in [0, 0.05) is 78.0 Å². The van der Waals surface area contributed by atoms with Crippen LogP contribution in [0.3, 0.4) is 0 Å². The number of hydrogen-bond donors (Lipinski definition) is 0. The van der Waals surface area contributed by atoms with Crippen LogP contribution in [0.5, 0.6) is 11.5 Å². The van der Waals surface area contributed by atoms with E-state index in [4.69, 9.17) is 19.3 Å². The number of rotatable bonds is 9. The van der Waals surface area contributed by atoms with Gasteiger partial charge in [0.25, 0.3) is 0 Å². The van der Waals surface area contributed by atoms with Gasteiger partial charge in [-0.2, -0.15) is 12.1 Å². The van der Waals surface area contributed by atoms with Crippen molar-refractivity contribution in [1.29, 1.82) is 0 Å². The summed E-state index contributed by atoms with van der Waals surface area (Å²) in [6.07, 6.45) is 3.39. The minimum atomic E-state index is -0.829. The fourth-order valence-corrected chi connectivity index (χ4v) is 12.5. The first-order valence-corrected chi connectivity index (χ1v) is 30.7. The molecule has 2 aliphatic rings. The molecule has 1 aliphatic carbocycles. The summed E-state index contributed by atoms with van der Waals surface area (Å²) in [5, 5.41) is 0.613. The van der Waals surface area contributed by atoms with Gasteiger partial charge in [-0.3, -0.25) is 0 Å². The van der Waals surface area contributed by atoms with Crippen LogP contribution >= 0.6 is 0 Å². The minimum Gasteiger partial charge on any atom is -0.509 e. The first-order valence-electron chi connectivity index (χ1n) is 38.7. The van der Waals surface area contributed by atoms with Crippen LogP contribution in [0.25, 0.3) is 72.1 Å². The number of benzene rings is 9. The monoisotopic (exact) mass is 1380 g/mol. The largest absolute Gasteiger partial charge is 0.509 e. The molecule has 0 saturated heterocycles. The standard InChI is InChI=1S/C84H85N4O.Pt/c1-79(2,3)58-38-40-63(70(48-58)81(7,8)9)55-33-35-56(36-34-55)66-46-59(80(4,5)6)47-67(57-37-42-69-72(45-57)84(15,16)44-43-83(69,13)14)78(66)87-53-86(74-31-22-23-32-75(74)87)60-27-24-28-61(49-60)89-62-39-41-65-64-29-20-21-30-73(64)88(76(65)50-62)77-51-71(82(10,11)12)68(52-85-77)54-25-18-17-19-26-54;/h17-42,45-48,51-53H,43-44H2,1-16H3;/q-3;/i17D,18D,19D,20D,21D,25D,26D,29D,30D,33D,34D,35D,36D,38D,40D,48D;. The van der Waals surface area contributed by atoms with E-state index in [0.29, 0.717) is 50.3 Å². The summed E-state index contributed by atoms with van der Waals surface area (Å²) >= 11 is 0. The number of aromatic nitrogens is 2. The van der Waals surface area contributed by atoms with Gasteiger partial charge in [0.05, 0.1) is 21.9 Å². The molecular formula is C84H85N4OPt-3. The maximum absolute atomic E-state index is 10.3. The van der Waals surface area contributed by atoms with E-state index in [-0.39, 0.29) is 130 Å². The second-order valence-corrected chi connectivity index (χ2v) is 29.3. The van der Waals surface area contributed by atoms with E-state index in [0.717, 1.165) is 35.2 Å². The number of anilines is 4. The number of pyridine rings is 1. The Kier molecular flexibility index (Phi) is 11.4. The Balaban J connectivity index is 0.0000105. The Bertz CT molecular complexity index is 5480. The minimum absolute atomic E-state index is 0. The Morgan fingerprint density at radius 1 is 0.500 bits per heavy atom. The third kappa shape index (κ3) is 11.4. The summed E-state index contributed by atoms with van der Waals surface area (Å²) in [6, 6.07) is 30.2. The van der Waals surface area contributed by atoms with Crippen molar-refractivity contribution >= 4 is 44.6 Å². The molecule has 90 heavy (non-hydrogen) atoms. The molecule has 0 amide bonds. The zero-order valence-electron chi connectivity index (χ0n) is 70.2. The number of hydrogen-bond acceptors (Lipinski definition) is 4. The molecule has 460 valence electrons. The van der Waals surface area contributed by atoms with E-state index in [1.54, 1.807) is 28.8 Å². The van der Waals surface area contributed by atoms with Gasteiger partial charge < -0.3 is 19.1 Å². The molecule has 5 nitrogen and oxygen atoms in total. The van der Waals surface area contributed by atoms with Gasteiger partial charge in [0.2, 0.25) is 0 Å². The summed E-state index contributed by atoms with van der Waals surface area (Å²) < 4.78 is 158. The molecule has 13 rings (SSSR count). The average molecular weight is 1380 g/mol. The third-order valence-electron chi connectivity index (χ3n) is 17.7. The predicted molar refractivity (Wildman–Crippen MR) is 376 cm³/mol. The zero-order chi connectivity index (χ0) is 76.7. The molecule has 0 unspecified atom stereocenters. The molecule has 0 fully saturated rings. The van der Waals surface area contributed by atoms with E-state index in [2.05, 4.69) is 84.9 Å². The molecule has 0 saturated carbocycles. The van der Waals surface area contributed by atoms with Crippen LogP contribution in [0.2, 0.25) is 0 Å². The summed E-state index contributed by atoms with van der Waals surface area (Å²) in [5.41, 5.74) is 6.60. The number of nitrogens with zero attached hydrogens (tertiary/aromatic N) is 4. The van der Waals surface area contributed by atoms with Gasteiger partial charge in [-0.05, 0) is 148 Å². The Hall–Kier alpha value is -7.98. The third-order valence-corrected chi connectivity index (χ3v) is 17.7. The van der Waals surface area contributed by atoms with Gasteiger partial charge >= 0.3 is 0 Å². The molecular weight excluding hydrogens is 1280 g/mol. The smallest absolute Gasteiger partial charge is 0.135 e. The van der Waals surface area contributed by atoms with Crippen LogP contribution in [-0.4, -0.2) is 9.55 Å². The molecule has 0 atom stereocenters. The quantitative estimate of drug-likeness (QED) is 0.135. The zero-order valence-corrected chi connectivity index (χ0v) is 56.5. The second kappa shape index (κ2) is 22.7. The molecule has 11 aromatic rings. The van der Waals surface area contributed by atoms with E-state index in [1.165, 1.54) is 17.3 Å². The van der Waals surface area contributed by atoms with E-state index < -0.39 is 76.0 Å². The van der Waals surface area contributed by atoms with E-state index in [9.17, 15) is 12.3 Å². The molecule has 3 heterocycles. The Morgan fingerprint density at radius 3 is 1.77 bits per heavy atom. The van der Waals surface area contributed by atoms with Crippen molar-refractivity contribution in [1.82, 2.24) is 9.55 Å². The average Bonchev–Trinajstić information content (AvgIpc) is 1.67. The van der Waals surface area contributed by atoms with Crippen molar-refractivity contribution in [3.63, 3.8) is 0 Å². The molecule has 0 bridgehead atoms. The molecule has 9 aromatic carbocycles. The molecule has 0 N–H and O–H groups in total. The number of fused-ring (bicyclic) bond motifs is 5. The van der Waals surface area contributed by atoms with Crippen molar-refractivity contribution < 1.29 is 47.7 Å². The molecule has 1 aliphatic heterocycles.